The molecule has 48 heavy (non-hydrogen) atoms. The van der Waals surface area contributed by atoms with Crippen molar-refractivity contribution in [3.63, 3.8) is 0 Å². The van der Waals surface area contributed by atoms with Gasteiger partial charge in [-0.15, -0.1) is 0 Å². The van der Waals surface area contributed by atoms with Crippen molar-refractivity contribution in [1.29, 1.82) is 0 Å². The van der Waals surface area contributed by atoms with Crippen LogP contribution in [0, 0.1) is 0 Å². The lowest BCUT2D eigenvalue weighted by molar-refractivity contribution is -0.138. The molecule has 2 aliphatic heterocycles. The molecule has 242 valence electrons. The fourth-order valence-electron chi connectivity index (χ4n) is 7.60. The Morgan fingerprint density at radius 2 is 1.46 bits per heavy atom. The molecule has 2 aliphatic rings. The van der Waals surface area contributed by atoms with E-state index in [1.54, 1.807) is 0 Å². The number of rotatable bonds is 7. The van der Waals surface area contributed by atoms with Gasteiger partial charge in [0.25, 0.3) is 11.8 Å². The summed E-state index contributed by atoms with van der Waals surface area (Å²) in [4.78, 5) is 64.3. The SMILES string of the molecule is CCN1CCN(C(=O)C(Cc2ccccc2)NC(=O)Cn2c3ccccc3c3c4c(c5c6ccccc6[nH]c5c32)C(=O)N(C)C4=O)CC1. The summed E-state index contributed by atoms with van der Waals surface area (Å²) in [6, 6.07) is 24.4. The first-order valence-electron chi connectivity index (χ1n) is 16.5. The second-order valence-corrected chi connectivity index (χ2v) is 12.7. The number of aromatic amines is 1. The molecule has 0 bridgehead atoms. The number of piperazine rings is 1. The zero-order chi connectivity index (χ0) is 33.1. The first-order chi connectivity index (χ1) is 23.4. The first kappa shape index (κ1) is 29.9. The normalized spacial score (nSPS) is 16.0. The second kappa shape index (κ2) is 11.6. The van der Waals surface area contributed by atoms with Gasteiger partial charge in [-0.2, -0.15) is 0 Å². The van der Waals surface area contributed by atoms with Crippen LogP contribution in [-0.4, -0.2) is 93.7 Å². The number of carbonyl (C=O) groups is 4. The Bertz CT molecular complexity index is 2280. The van der Waals surface area contributed by atoms with E-state index in [4.69, 9.17) is 0 Å². The number of carbonyl (C=O) groups excluding carboxylic acids is 4. The number of amides is 4. The smallest absolute Gasteiger partial charge is 0.262 e. The monoisotopic (exact) mass is 640 g/mol. The minimum Gasteiger partial charge on any atom is -0.353 e. The Morgan fingerprint density at radius 1 is 0.812 bits per heavy atom. The highest BCUT2D eigenvalue weighted by Gasteiger charge is 2.40. The zero-order valence-electron chi connectivity index (χ0n) is 27.0. The predicted octanol–water partition coefficient (Wildman–Crippen LogP) is 4.55. The van der Waals surface area contributed by atoms with Gasteiger partial charge in [0, 0.05) is 72.2 Å². The predicted molar refractivity (Wildman–Crippen MR) is 186 cm³/mol. The van der Waals surface area contributed by atoms with E-state index in [1.807, 2.05) is 88.3 Å². The molecule has 1 saturated heterocycles. The summed E-state index contributed by atoms with van der Waals surface area (Å²) in [5.74, 6) is -1.11. The molecule has 0 spiro atoms. The summed E-state index contributed by atoms with van der Waals surface area (Å²) >= 11 is 0. The van der Waals surface area contributed by atoms with Crippen LogP contribution in [0.2, 0.25) is 0 Å². The topological polar surface area (TPSA) is 111 Å². The Balaban J connectivity index is 1.24. The summed E-state index contributed by atoms with van der Waals surface area (Å²) in [6.07, 6.45) is 0.370. The van der Waals surface area contributed by atoms with Crippen molar-refractivity contribution in [2.45, 2.75) is 25.9 Å². The van der Waals surface area contributed by atoms with Crippen LogP contribution >= 0.6 is 0 Å². The standard InChI is InChI=1S/C38H36N6O4/c1-3-42-17-19-43(20-18-42)36(46)27(21-23-11-5-4-6-12-23)39-29(45)22-44-28-16-10-8-14-25(28)31-33-32(37(47)41(2)38(33)48)30-24-13-7-9-15-26(24)40-34(30)35(31)44/h4-16,27,40H,3,17-22H2,1-2H3,(H,39,45). The van der Waals surface area contributed by atoms with Crippen LogP contribution in [0.25, 0.3) is 43.6 Å². The van der Waals surface area contributed by atoms with E-state index in [2.05, 4.69) is 22.1 Å². The number of nitrogens with zero attached hydrogens (tertiary/aromatic N) is 4. The third-order valence-electron chi connectivity index (χ3n) is 10.0. The van der Waals surface area contributed by atoms with Gasteiger partial charge in [0.1, 0.15) is 12.6 Å². The maximum atomic E-state index is 14.1. The fraction of sp³-hybridized carbons (Fsp3) is 0.263. The summed E-state index contributed by atoms with van der Waals surface area (Å²) in [5, 5.41) is 6.02. The van der Waals surface area contributed by atoms with Crippen molar-refractivity contribution in [1.82, 2.24) is 29.6 Å². The van der Waals surface area contributed by atoms with Crippen LogP contribution in [-0.2, 0) is 22.6 Å². The quantitative estimate of drug-likeness (QED) is 0.249. The highest BCUT2D eigenvalue weighted by molar-refractivity contribution is 6.39. The molecule has 0 aliphatic carbocycles. The molecule has 4 heterocycles. The van der Waals surface area contributed by atoms with Crippen molar-refractivity contribution >= 4 is 67.2 Å². The Hall–Kier alpha value is -5.48. The van der Waals surface area contributed by atoms with E-state index in [0.29, 0.717) is 52.4 Å². The molecule has 2 N–H and O–H groups in total. The van der Waals surface area contributed by atoms with E-state index in [-0.39, 0.29) is 30.2 Å². The number of likely N-dealkylation sites (N-methyl/N-ethyl adjacent to an activating group) is 1. The van der Waals surface area contributed by atoms with Gasteiger partial charge in [0.05, 0.1) is 22.2 Å². The number of para-hydroxylation sites is 2. The minimum absolute atomic E-state index is 0.0897. The number of nitrogens with one attached hydrogen (secondary N) is 2. The number of aromatic nitrogens is 2. The van der Waals surface area contributed by atoms with Gasteiger partial charge >= 0.3 is 0 Å². The maximum absolute atomic E-state index is 14.1. The average Bonchev–Trinajstić information content (AvgIpc) is 3.73. The van der Waals surface area contributed by atoms with Crippen LogP contribution in [0.5, 0.6) is 0 Å². The molecule has 1 unspecified atom stereocenters. The van der Waals surface area contributed by atoms with Gasteiger partial charge in [0.2, 0.25) is 11.8 Å². The number of fused-ring (bicyclic) bond motifs is 10. The van der Waals surface area contributed by atoms with Crippen molar-refractivity contribution in [2.75, 3.05) is 39.8 Å². The summed E-state index contributed by atoms with van der Waals surface area (Å²) in [7, 11) is 1.51. The molecule has 2 aromatic heterocycles. The van der Waals surface area contributed by atoms with E-state index in [0.717, 1.165) is 47.0 Å². The number of imide groups is 1. The van der Waals surface area contributed by atoms with Crippen LogP contribution in [0.1, 0.15) is 33.2 Å². The molecule has 1 atom stereocenters. The maximum Gasteiger partial charge on any atom is 0.262 e. The van der Waals surface area contributed by atoms with Crippen LogP contribution in [0.4, 0.5) is 0 Å². The van der Waals surface area contributed by atoms with Gasteiger partial charge in [0.15, 0.2) is 0 Å². The number of benzene rings is 4. The fourth-order valence-corrected chi connectivity index (χ4v) is 7.60. The van der Waals surface area contributed by atoms with Crippen LogP contribution in [0.3, 0.4) is 0 Å². The van der Waals surface area contributed by atoms with Crippen LogP contribution < -0.4 is 5.32 Å². The molecular weight excluding hydrogens is 604 g/mol. The number of hydrogen-bond donors (Lipinski definition) is 2. The summed E-state index contributed by atoms with van der Waals surface area (Å²) < 4.78 is 1.91. The first-order valence-corrected chi connectivity index (χ1v) is 16.5. The molecule has 6 aromatic rings. The Kier molecular flexibility index (Phi) is 7.25. The molecule has 4 aromatic carbocycles. The zero-order valence-corrected chi connectivity index (χ0v) is 27.0. The van der Waals surface area contributed by atoms with E-state index in [1.165, 1.54) is 11.9 Å². The highest BCUT2D eigenvalue weighted by atomic mass is 16.2. The number of H-pyrrole nitrogens is 1. The molecule has 10 nitrogen and oxygen atoms in total. The highest BCUT2D eigenvalue weighted by Crippen LogP contribution is 2.44. The molecule has 8 rings (SSSR count). The third kappa shape index (κ3) is 4.66. The lowest BCUT2D eigenvalue weighted by Crippen LogP contribution is -2.55. The molecular formula is C38H36N6O4. The van der Waals surface area contributed by atoms with Gasteiger partial charge in [-0.25, -0.2) is 0 Å². The van der Waals surface area contributed by atoms with Crippen molar-refractivity contribution in [2.24, 2.45) is 0 Å². The van der Waals surface area contributed by atoms with Gasteiger partial charge in [-0.1, -0.05) is 73.7 Å². The average molecular weight is 641 g/mol. The summed E-state index contributed by atoms with van der Waals surface area (Å²) in [5.41, 5.74) is 4.65. The molecule has 0 radical (unpaired) electrons. The second-order valence-electron chi connectivity index (χ2n) is 12.7. The van der Waals surface area contributed by atoms with Crippen molar-refractivity contribution in [3.05, 3.63) is 95.6 Å². The molecule has 10 heteroatoms. The molecule has 4 amide bonds. The van der Waals surface area contributed by atoms with Gasteiger partial charge in [-0.05, 0) is 24.2 Å². The van der Waals surface area contributed by atoms with E-state index in [9.17, 15) is 19.2 Å². The van der Waals surface area contributed by atoms with Gasteiger partial charge < -0.3 is 24.7 Å². The molecule has 1 fully saturated rings. The van der Waals surface area contributed by atoms with E-state index >= 15 is 0 Å². The lowest BCUT2D eigenvalue weighted by atomic mass is 9.97. The largest absolute Gasteiger partial charge is 0.353 e. The summed E-state index contributed by atoms with van der Waals surface area (Å²) in [6.45, 7) is 5.81. The Morgan fingerprint density at radius 3 is 2.19 bits per heavy atom. The van der Waals surface area contributed by atoms with Crippen LogP contribution in [0.15, 0.2) is 78.9 Å². The minimum atomic E-state index is -0.744. The number of hydrogen-bond acceptors (Lipinski definition) is 5. The Labute approximate surface area is 276 Å². The van der Waals surface area contributed by atoms with Crippen molar-refractivity contribution in [3.8, 4) is 0 Å². The van der Waals surface area contributed by atoms with E-state index < -0.39 is 6.04 Å². The van der Waals surface area contributed by atoms with Crippen molar-refractivity contribution < 1.29 is 19.2 Å². The molecule has 0 saturated carbocycles. The lowest BCUT2D eigenvalue weighted by Gasteiger charge is -2.36. The van der Waals surface area contributed by atoms with Gasteiger partial charge in [-0.3, -0.25) is 24.1 Å². The third-order valence-corrected chi connectivity index (χ3v) is 10.0.